The average molecular weight is 254 g/mol. The van der Waals surface area contributed by atoms with Crippen LogP contribution in [0.5, 0.6) is 5.88 Å². The fourth-order valence-corrected chi connectivity index (χ4v) is 1.84. The largest absolute Gasteiger partial charge is 0.477 e. The SMILES string of the molecule is CCOc1cc(NC(N)=O)n(N2CCNCC2)n1. The van der Waals surface area contributed by atoms with Gasteiger partial charge in [-0.3, -0.25) is 10.3 Å². The number of piperazine rings is 1. The van der Waals surface area contributed by atoms with Crippen LogP contribution in [0.4, 0.5) is 10.6 Å². The van der Waals surface area contributed by atoms with Gasteiger partial charge >= 0.3 is 6.03 Å². The maximum absolute atomic E-state index is 11.0. The molecule has 1 aliphatic heterocycles. The van der Waals surface area contributed by atoms with Gasteiger partial charge in [0.05, 0.1) is 6.61 Å². The molecule has 0 bridgehead atoms. The molecule has 1 aliphatic rings. The van der Waals surface area contributed by atoms with Crippen LogP contribution in [0.25, 0.3) is 0 Å². The average Bonchev–Trinajstić information content (AvgIpc) is 2.73. The first kappa shape index (κ1) is 12.5. The molecule has 1 aromatic heterocycles. The molecule has 0 spiro atoms. The Bertz CT molecular complexity index is 413. The topological polar surface area (TPSA) is 97.4 Å². The number of primary amides is 1. The highest BCUT2D eigenvalue weighted by Gasteiger charge is 2.17. The minimum Gasteiger partial charge on any atom is -0.477 e. The van der Waals surface area contributed by atoms with E-state index in [1.54, 1.807) is 10.9 Å². The molecule has 0 unspecified atom stereocenters. The van der Waals surface area contributed by atoms with E-state index in [1.807, 2.05) is 11.9 Å². The van der Waals surface area contributed by atoms with Crippen molar-refractivity contribution in [3.63, 3.8) is 0 Å². The minimum atomic E-state index is -0.616. The lowest BCUT2D eigenvalue weighted by atomic mass is 10.4. The van der Waals surface area contributed by atoms with Crippen LogP contribution in [0, 0.1) is 0 Å². The van der Waals surface area contributed by atoms with E-state index in [1.165, 1.54) is 0 Å². The van der Waals surface area contributed by atoms with Crippen molar-refractivity contribution in [3.8, 4) is 5.88 Å². The zero-order valence-electron chi connectivity index (χ0n) is 10.3. The summed E-state index contributed by atoms with van der Waals surface area (Å²) in [7, 11) is 0. The van der Waals surface area contributed by atoms with Crippen molar-refractivity contribution >= 4 is 11.8 Å². The number of hydrogen-bond donors (Lipinski definition) is 3. The molecule has 0 aliphatic carbocycles. The molecule has 18 heavy (non-hydrogen) atoms. The molecular formula is C10H18N6O2. The minimum absolute atomic E-state index is 0.472. The standard InChI is InChI=1S/C10H18N6O2/c1-2-18-9-7-8(13-10(11)17)16(14-9)15-5-3-12-4-6-15/h7,12H,2-6H2,1H3,(H3,11,13,17). The zero-order chi connectivity index (χ0) is 13.0. The van der Waals surface area contributed by atoms with E-state index in [4.69, 9.17) is 10.5 Å². The molecule has 0 saturated carbocycles. The van der Waals surface area contributed by atoms with E-state index in [-0.39, 0.29) is 0 Å². The van der Waals surface area contributed by atoms with Gasteiger partial charge in [0.2, 0.25) is 5.88 Å². The first-order valence-corrected chi connectivity index (χ1v) is 5.96. The van der Waals surface area contributed by atoms with E-state index in [0.29, 0.717) is 18.3 Å². The number of ether oxygens (including phenoxy) is 1. The van der Waals surface area contributed by atoms with E-state index in [2.05, 4.69) is 15.7 Å². The number of anilines is 1. The molecule has 8 heteroatoms. The smallest absolute Gasteiger partial charge is 0.317 e. The number of amides is 2. The van der Waals surface area contributed by atoms with Crippen molar-refractivity contribution in [2.75, 3.05) is 43.1 Å². The van der Waals surface area contributed by atoms with Crippen molar-refractivity contribution in [1.29, 1.82) is 0 Å². The maximum atomic E-state index is 11.0. The normalized spacial score (nSPS) is 15.5. The van der Waals surface area contributed by atoms with Gasteiger partial charge in [0.1, 0.15) is 0 Å². The number of nitrogens with zero attached hydrogens (tertiary/aromatic N) is 3. The molecular weight excluding hydrogens is 236 g/mol. The Balaban J connectivity index is 2.21. The first-order valence-electron chi connectivity index (χ1n) is 5.96. The van der Waals surface area contributed by atoms with Gasteiger partial charge in [-0.15, -0.1) is 5.10 Å². The molecule has 4 N–H and O–H groups in total. The summed E-state index contributed by atoms with van der Waals surface area (Å²) in [6.07, 6.45) is 0. The van der Waals surface area contributed by atoms with Crippen LogP contribution in [0.1, 0.15) is 6.92 Å². The summed E-state index contributed by atoms with van der Waals surface area (Å²) >= 11 is 0. The molecule has 1 aromatic rings. The summed E-state index contributed by atoms with van der Waals surface area (Å²) in [6.45, 7) is 5.76. The molecule has 2 amide bonds. The third kappa shape index (κ3) is 2.83. The molecule has 0 atom stereocenters. The highest BCUT2D eigenvalue weighted by atomic mass is 16.5. The van der Waals surface area contributed by atoms with Gasteiger partial charge in [0.25, 0.3) is 0 Å². The fourth-order valence-electron chi connectivity index (χ4n) is 1.84. The summed E-state index contributed by atoms with van der Waals surface area (Å²) in [5.74, 6) is 0.993. The summed E-state index contributed by atoms with van der Waals surface area (Å²) in [4.78, 5) is 12.6. The summed E-state index contributed by atoms with van der Waals surface area (Å²) in [5.41, 5.74) is 5.14. The zero-order valence-corrected chi connectivity index (χ0v) is 10.3. The van der Waals surface area contributed by atoms with Crippen molar-refractivity contribution in [1.82, 2.24) is 15.2 Å². The summed E-state index contributed by atoms with van der Waals surface area (Å²) < 4.78 is 5.33. The Hall–Kier alpha value is -1.96. The molecule has 2 rings (SSSR count). The number of rotatable bonds is 4. The monoisotopic (exact) mass is 254 g/mol. The van der Waals surface area contributed by atoms with Crippen molar-refractivity contribution in [3.05, 3.63) is 6.07 Å². The molecule has 8 nitrogen and oxygen atoms in total. The van der Waals surface area contributed by atoms with Gasteiger partial charge in [0, 0.05) is 32.2 Å². The van der Waals surface area contributed by atoms with Crippen LogP contribution in [0.3, 0.4) is 0 Å². The highest BCUT2D eigenvalue weighted by molar-refractivity contribution is 5.87. The number of carbonyl (C=O) groups is 1. The van der Waals surface area contributed by atoms with Crippen molar-refractivity contribution in [2.45, 2.75) is 6.92 Å². The van der Waals surface area contributed by atoms with Crippen molar-refractivity contribution < 1.29 is 9.53 Å². The second-order valence-electron chi connectivity index (χ2n) is 3.88. The molecule has 1 saturated heterocycles. The number of carbonyl (C=O) groups excluding carboxylic acids is 1. The number of aromatic nitrogens is 2. The summed E-state index contributed by atoms with van der Waals surface area (Å²) in [5, 5.41) is 12.1. The van der Waals surface area contributed by atoms with E-state index >= 15 is 0 Å². The molecule has 1 fully saturated rings. The first-order chi connectivity index (χ1) is 8.70. The van der Waals surface area contributed by atoms with Crippen LogP contribution in [-0.2, 0) is 0 Å². The van der Waals surface area contributed by atoms with Crippen LogP contribution in [-0.4, -0.2) is 48.7 Å². The predicted molar refractivity (Wildman–Crippen MR) is 67.4 cm³/mol. The quantitative estimate of drug-likeness (QED) is 0.661. The Morgan fingerprint density at radius 3 is 2.94 bits per heavy atom. The second kappa shape index (κ2) is 5.58. The van der Waals surface area contributed by atoms with Gasteiger partial charge in [-0.1, -0.05) is 0 Å². The lowest BCUT2D eigenvalue weighted by Gasteiger charge is -2.29. The summed E-state index contributed by atoms with van der Waals surface area (Å²) in [6, 6.07) is 1.05. The van der Waals surface area contributed by atoms with Gasteiger partial charge in [-0.2, -0.15) is 4.79 Å². The molecule has 2 heterocycles. The fraction of sp³-hybridized carbons (Fsp3) is 0.600. The maximum Gasteiger partial charge on any atom is 0.317 e. The third-order valence-corrected chi connectivity index (χ3v) is 2.57. The second-order valence-corrected chi connectivity index (χ2v) is 3.88. The predicted octanol–water partition coefficient (Wildman–Crippen LogP) is -0.686. The molecule has 0 aromatic carbocycles. The Labute approximate surface area is 105 Å². The van der Waals surface area contributed by atoms with Crippen LogP contribution in [0.15, 0.2) is 6.07 Å². The van der Waals surface area contributed by atoms with Crippen LogP contribution < -0.4 is 26.1 Å². The van der Waals surface area contributed by atoms with Gasteiger partial charge in [-0.25, -0.2) is 4.79 Å². The van der Waals surface area contributed by atoms with Crippen molar-refractivity contribution in [2.24, 2.45) is 5.73 Å². The number of hydrogen-bond acceptors (Lipinski definition) is 5. The van der Waals surface area contributed by atoms with Gasteiger partial charge in [-0.05, 0) is 6.92 Å². The van der Waals surface area contributed by atoms with E-state index < -0.39 is 6.03 Å². The van der Waals surface area contributed by atoms with E-state index in [0.717, 1.165) is 26.2 Å². The van der Waals surface area contributed by atoms with E-state index in [9.17, 15) is 4.79 Å². The lowest BCUT2D eigenvalue weighted by Crippen LogP contribution is -2.50. The van der Waals surface area contributed by atoms with Crippen LogP contribution in [0.2, 0.25) is 0 Å². The molecule has 0 radical (unpaired) electrons. The lowest BCUT2D eigenvalue weighted by molar-refractivity contribution is 0.259. The number of nitrogens with one attached hydrogen (secondary N) is 2. The third-order valence-electron chi connectivity index (χ3n) is 2.57. The Morgan fingerprint density at radius 2 is 2.33 bits per heavy atom. The number of urea groups is 1. The molecule has 100 valence electrons. The highest BCUT2D eigenvalue weighted by Crippen LogP contribution is 2.17. The number of nitrogens with two attached hydrogens (primary N) is 1. The Kier molecular flexibility index (Phi) is 3.88. The van der Waals surface area contributed by atoms with Gasteiger partial charge < -0.3 is 15.8 Å². The Morgan fingerprint density at radius 1 is 1.61 bits per heavy atom. The van der Waals surface area contributed by atoms with Crippen LogP contribution >= 0.6 is 0 Å². The van der Waals surface area contributed by atoms with Gasteiger partial charge in [0.15, 0.2) is 5.82 Å².